The Morgan fingerprint density at radius 2 is 1.70 bits per heavy atom. The average Bonchev–Trinajstić information content (AvgIpc) is 3.35. The van der Waals surface area contributed by atoms with Crippen molar-refractivity contribution < 1.29 is 14.6 Å². The lowest BCUT2D eigenvalue weighted by Crippen LogP contribution is -2.64. The highest BCUT2D eigenvalue weighted by molar-refractivity contribution is 5.76. The van der Waals surface area contributed by atoms with E-state index in [-0.39, 0.29) is 33.0 Å². The summed E-state index contributed by atoms with van der Waals surface area (Å²) in [5, 5.41) is 16.0. The van der Waals surface area contributed by atoms with E-state index in [1.54, 1.807) is 0 Å². The number of carboxylic acids is 1. The van der Waals surface area contributed by atoms with Crippen LogP contribution in [0.3, 0.4) is 0 Å². The number of nitrogens with zero attached hydrogens (tertiary/aromatic N) is 3. The molecule has 6 heteroatoms. The second kappa shape index (κ2) is 9.67. The standard InChI is InChI=1S/C37H57N3O3/c1-32(2)12-14-37(31(41)42)15-13-35(6)26(27(37)23-32)8-9-29-34(5)22-25-24-40(17-16-39-18-20-43-21-19-39)38-30(25)33(3,4)28(34)10-11-36(29,35)7/h8,24,27-29H,9-23H2,1-7H3,(H,41,42)/t27-,28-,29+,34-,35+,36+,37-/m0/s1. The van der Waals surface area contributed by atoms with Gasteiger partial charge in [-0.05, 0) is 103 Å². The topological polar surface area (TPSA) is 67.6 Å². The second-order valence-electron chi connectivity index (χ2n) is 17.8. The van der Waals surface area contributed by atoms with Gasteiger partial charge >= 0.3 is 5.97 Å². The van der Waals surface area contributed by atoms with E-state index in [0.717, 1.165) is 84.3 Å². The number of ether oxygens (including phenoxy) is 1. The molecule has 7 rings (SSSR count). The Labute approximate surface area is 260 Å². The smallest absolute Gasteiger partial charge is 0.310 e. The molecule has 1 aliphatic heterocycles. The van der Waals surface area contributed by atoms with Crippen LogP contribution in [0.2, 0.25) is 0 Å². The van der Waals surface area contributed by atoms with Gasteiger partial charge in [0.2, 0.25) is 0 Å². The van der Waals surface area contributed by atoms with Gasteiger partial charge in [-0.15, -0.1) is 0 Å². The van der Waals surface area contributed by atoms with Gasteiger partial charge in [0, 0.05) is 31.2 Å². The summed E-state index contributed by atoms with van der Waals surface area (Å²) in [7, 11) is 0. The Kier molecular flexibility index (Phi) is 6.75. The minimum atomic E-state index is -0.567. The van der Waals surface area contributed by atoms with Crippen LogP contribution >= 0.6 is 0 Å². The molecular formula is C37H57N3O3. The van der Waals surface area contributed by atoms with Crippen LogP contribution in [0.1, 0.15) is 111 Å². The van der Waals surface area contributed by atoms with E-state index >= 15 is 0 Å². The molecule has 4 fully saturated rings. The third kappa shape index (κ3) is 4.16. The predicted octanol–water partition coefficient (Wildman–Crippen LogP) is 7.12. The van der Waals surface area contributed by atoms with Crippen LogP contribution in [0, 0.1) is 44.8 Å². The molecule has 1 aromatic rings. The fraction of sp³-hybridized carbons (Fsp3) is 0.838. The Bertz CT molecular complexity index is 1320. The Hall–Kier alpha value is -1.66. The van der Waals surface area contributed by atoms with Crippen LogP contribution in [-0.2, 0) is 27.9 Å². The van der Waals surface area contributed by atoms with Crippen LogP contribution in [-0.4, -0.2) is 58.6 Å². The van der Waals surface area contributed by atoms with E-state index in [0.29, 0.717) is 11.8 Å². The Morgan fingerprint density at radius 1 is 0.977 bits per heavy atom. The van der Waals surface area contributed by atoms with Crippen LogP contribution < -0.4 is 0 Å². The number of morpholine rings is 1. The van der Waals surface area contributed by atoms with Crippen molar-refractivity contribution in [3.8, 4) is 0 Å². The van der Waals surface area contributed by atoms with E-state index in [4.69, 9.17) is 9.84 Å². The lowest BCUT2D eigenvalue weighted by molar-refractivity contribution is -0.177. The van der Waals surface area contributed by atoms with Gasteiger partial charge in [-0.1, -0.05) is 60.1 Å². The molecule has 3 saturated carbocycles. The molecule has 0 aromatic carbocycles. The van der Waals surface area contributed by atoms with Crippen LogP contribution in [0.25, 0.3) is 0 Å². The third-order valence-corrected chi connectivity index (χ3v) is 15.0. The van der Waals surface area contributed by atoms with Crippen LogP contribution in [0.4, 0.5) is 0 Å². The summed E-state index contributed by atoms with van der Waals surface area (Å²) in [4.78, 5) is 15.5. The van der Waals surface area contributed by atoms with E-state index < -0.39 is 11.4 Å². The molecule has 7 atom stereocenters. The third-order valence-electron chi connectivity index (χ3n) is 15.0. The molecule has 0 spiro atoms. The summed E-state index contributed by atoms with van der Waals surface area (Å²) in [5.41, 5.74) is 4.45. The lowest BCUT2D eigenvalue weighted by Gasteiger charge is -2.70. The molecule has 0 bridgehead atoms. The molecule has 5 aliphatic carbocycles. The number of carbonyl (C=O) groups is 1. The fourth-order valence-electron chi connectivity index (χ4n) is 12.3. The largest absolute Gasteiger partial charge is 0.481 e. The zero-order valence-corrected chi connectivity index (χ0v) is 28.1. The summed E-state index contributed by atoms with van der Waals surface area (Å²) in [6, 6.07) is 0. The Morgan fingerprint density at radius 3 is 2.42 bits per heavy atom. The van der Waals surface area contributed by atoms with E-state index in [1.807, 2.05) is 0 Å². The summed E-state index contributed by atoms with van der Waals surface area (Å²) in [6.45, 7) is 23.2. The van der Waals surface area contributed by atoms with Gasteiger partial charge in [-0.2, -0.15) is 5.10 Å². The number of hydrogen-bond acceptors (Lipinski definition) is 4. The van der Waals surface area contributed by atoms with Crippen molar-refractivity contribution >= 4 is 5.97 Å². The summed E-state index contributed by atoms with van der Waals surface area (Å²) in [6.07, 6.45) is 14.4. The highest BCUT2D eigenvalue weighted by Gasteiger charge is 2.69. The molecule has 1 aromatic heterocycles. The number of aromatic nitrogens is 2. The molecule has 0 radical (unpaired) electrons. The first-order chi connectivity index (χ1) is 20.2. The molecule has 238 valence electrons. The first-order valence-electron chi connectivity index (χ1n) is 17.5. The molecule has 6 nitrogen and oxygen atoms in total. The zero-order valence-electron chi connectivity index (χ0n) is 28.1. The minimum Gasteiger partial charge on any atom is -0.481 e. The summed E-state index contributed by atoms with van der Waals surface area (Å²) in [5.74, 6) is 0.827. The highest BCUT2D eigenvalue weighted by Crippen LogP contribution is 2.75. The normalized spacial score (nSPS) is 43.3. The number of carboxylic acid groups (broad SMARTS) is 1. The second-order valence-corrected chi connectivity index (χ2v) is 17.8. The zero-order chi connectivity index (χ0) is 30.6. The molecule has 0 amide bonds. The first-order valence-corrected chi connectivity index (χ1v) is 17.5. The monoisotopic (exact) mass is 591 g/mol. The number of hydrogen-bond donors (Lipinski definition) is 1. The average molecular weight is 592 g/mol. The molecule has 1 saturated heterocycles. The summed E-state index contributed by atoms with van der Waals surface area (Å²) < 4.78 is 7.81. The number of allylic oxidation sites excluding steroid dienone is 2. The van der Waals surface area contributed by atoms with Crippen molar-refractivity contribution in [3.63, 3.8) is 0 Å². The van der Waals surface area contributed by atoms with Crippen molar-refractivity contribution in [2.24, 2.45) is 44.8 Å². The van der Waals surface area contributed by atoms with Crippen LogP contribution in [0.15, 0.2) is 17.8 Å². The van der Waals surface area contributed by atoms with Crippen molar-refractivity contribution in [3.05, 3.63) is 29.1 Å². The van der Waals surface area contributed by atoms with Gasteiger partial charge < -0.3 is 9.84 Å². The van der Waals surface area contributed by atoms with Crippen molar-refractivity contribution in [2.75, 3.05) is 32.8 Å². The molecule has 1 N–H and O–H groups in total. The SMILES string of the molecule is CC1(C)CC[C@]2(C(=O)O)CC[C@]3(C)C(=CC[C@@H]4[C@@]5(C)Cc6cn(CCN7CCOCC7)nc6C(C)(C)[C@@H]5CC[C@]43C)[C@@H]2C1. The van der Waals surface area contributed by atoms with Gasteiger partial charge in [0.15, 0.2) is 0 Å². The maximum atomic E-state index is 13.0. The quantitative estimate of drug-likeness (QED) is 0.378. The summed E-state index contributed by atoms with van der Waals surface area (Å²) >= 11 is 0. The Balaban J connectivity index is 1.23. The molecule has 2 heterocycles. The van der Waals surface area contributed by atoms with Crippen molar-refractivity contribution in [1.82, 2.24) is 14.7 Å². The van der Waals surface area contributed by atoms with E-state index in [2.05, 4.69) is 70.3 Å². The van der Waals surface area contributed by atoms with Gasteiger partial charge in [-0.3, -0.25) is 14.4 Å². The van der Waals surface area contributed by atoms with Gasteiger partial charge in [-0.25, -0.2) is 0 Å². The fourth-order valence-corrected chi connectivity index (χ4v) is 12.3. The van der Waals surface area contributed by atoms with Crippen molar-refractivity contribution in [2.45, 2.75) is 118 Å². The van der Waals surface area contributed by atoms with Crippen LogP contribution in [0.5, 0.6) is 0 Å². The minimum absolute atomic E-state index is 0.0389. The molecule has 43 heavy (non-hydrogen) atoms. The van der Waals surface area contributed by atoms with Gasteiger partial charge in [0.25, 0.3) is 0 Å². The van der Waals surface area contributed by atoms with Gasteiger partial charge in [0.05, 0.1) is 30.9 Å². The first kappa shape index (κ1) is 30.0. The maximum Gasteiger partial charge on any atom is 0.310 e. The maximum absolute atomic E-state index is 13.0. The van der Waals surface area contributed by atoms with Crippen molar-refractivity contribution in [1.29, 1.82) is 0 Å². The molecule has 6 aliphatic rings. The number of aliphatic carboxylic acids is 1. The van der Waals surface area contributed by atoms with E-state index in [1.165, 1.54) is 29.7 Å². The van der Waals surface area contributed by atoms with Gasteiger partial charge in [0.1, 0.15) is 0 Å². The predicted molar refractivity (Wildman–Crippen MR) is 170 cm³/mol. The molecule has 0 unspecified atom stereocenters. The highest BCUT2D eigenvalue weighted by atomic mass is 16.5. The number of rotatable bonds is 4. The number of fused-ring (bicyclic) bond motifs is 8. The molecular weight excluding hydrogens is 534 g/mol. The van der Waals surface area contributed by atoms with E-state index in [9.17, 15) is 9.90 Å². The lowest BCUT2D eigenvalue weighted by atomic mass is 9.33.